The monoisotopic (exact) mass is 472 g/mol. The maximum absolute atomic E-state index is 17.0. The molecule has 4 N–H and O–H groups in total. The van der Waals surface area contributed by atoms with Crippen LogP contribution in [-0.4, -0.2) is 55.5 Å². The van der Waals surface area contributed by atoms with Gasteiger partial charge >= 0.3 is 7.82 Å². The fraction of sp³-hybridized carbons (Fsp3) is 0.727. The second kappa shape index (κ2) is 7.14. The summed E-state index contributed by atoms with van der Waals surface area (Å²) in [5.74, 6) is -2.87. The van der Waals surface area contributed by atoms with Gasteiger partial charge in [0, 0.05) is 16.7 Å². The SMILES string of the molecule is CC1CC2C3CCC4=CC(=O)C=C[C@]4(C)C3(F)[C@@H](O)C[C@]2(C)[C@@]1(O)C(=O)COP(=O)(O)O. The summed E-state index contributed by atoms with van der Waals surface area (Å²) in [5, 5.41) is 22.8. The van der Waals surface area contributed by atoms with Crippen LogP contribution in [0.15, 0.2) is 23.8 Å². The fourth-order valence-electron chi connectivity index (χ4n) is 7.39. The predicted molar refractivity (Wildman–Crippen MR) is 111 cm³/mol. The van der Waals surface area contributed by atoms with E-state index in [1.165, 1.54) is 18.2 Å². The number of ketones is 2. The van der Waals surface area contributed by atoms with Crippen molar-refractivity contribution in [3.63, 3.8) is 0 Å². The number of phosphoric acid groups is 1. The Morgan fingerprint density at radius 1 is 1.31 bits per heavy atom. The number of aliphatic hydroxyl groups excluding tert-OH is 1. The van der Waals surface area contributed by atoms with Gasteiger partial charge in [-0.25, -0.2) is 8.96 Å². The summed E-state index contributed by atoms with van der Waals surface area (Å²) in [6.45, 7) is 4.00. The molecule has 3 saturated carbocycles. The minimum absolute atomic E-state index is 0.211. The highest BCUT2D eigenvalue weighted by Gasteiger charge is 2.75. The van der Waals surface area contributed by atoms with Gasteiger partial charge in [-0.05, 0) is 56.6 Å². The number of rotatable bonds is 4. The molecule has 0 bridgehead atoms. The van der Waals surface area contributed by atoms with Crippen molar-refractivity contribution in [1.82, 2.24) is 0 Å². The summed E-state index contributed by atoms with van der Waals surface area (Å²) in [6, 6.07) is 0. The van der Waals surface area contributed by atoms with Gasteiger partial charge in [-0.1, -0.05) is 25.5 Å². The molecule has 8 atom stereocenters. The lowest BCUT2D eigenvalue weighted by Gasteiger charge is -2.62. The fourth-order valence-corrected chi connectivity index (χ4v) is 7.68. The molecule has 4 aliphatic rings. The summed E-state index contributed by atoms with van der Waals surface area (Å²) in [6.07, 6.45) is 3.70. The molecule has 3 fully saturated rings. The number of hydrogen-bond donors (Lipinski definition) is 4. The van der Waals surface area contributed by atoms with E-state index in [9.17, 15) is 24.4 Å². The zero-order chi connectivity index (χ0) is 23.9. The van der Waals surface area contributed by atoms with Crippen molar-refractivity contribution in [1.29, 1.82) is 0 Å². The minimum Gasteiger partial charge on any atom is -0.390 e. The largest absolute Gasteiger partial charge is 0.470 e. The Bertz CT molecular complexity index is 973. The molecular formula is C22H30FO8P. The van der Waals surface area contributed by atoms with Crippen molar-refractivity contribution < 1.29 is 43.1 Å². The number of alkyl halides is 1. The Balaban J connectivity index is 1.74. The summed E-state index contributed by atoms with van der Waals surface area (Å²) >= 11 is 0. The molecule has 10 heteroatoms. The van der Waals surface area contributed by atoms with E-state index in [1.807, 2.05) is 0 Å². The van der Waals surface area contributed by atoms with Crippen LogP contribution in [0.25, 0.3) is 0 Å². The van der Waals surface area contributed by atoms with Crippen molar-refractivity contribution in [2.45, 2.75) is 63.8 Å². The third-order valence-corrected chi connectivity index (χ3v) is 9.48. The van der Waals surface area contributed by atoms with E-state index >= 15 is 4.39 Å². The van der Waals surface area contributed by atoms with Crippen LogP contribution in [0.2, 0.25) is 0 Å². The molecule has 0 aliphatic heterocycles. The van der Waals surface area contributed by atoms with E-state index in [-0.39, 0.29) is 12.2 Å². The van der Waals surface area contributed by atoms with Gasteiger partial charge in [0.25, 0.3) is 0 Å². The highest BCUT2D eigenvalue weighted by Crippen LogP contribution is 2.70. The molecule has 0 heterocycles. The van der Waals surface area contributed by atoms with Gasteiger partial charge in [0.2, 0.25) is 0 Å². The summed E-state index contributed by atoms with van der Waals surface area (Å²) in [4.78, 5) is 42.8. The van der Waals surface area contributed by atoms with E-state index in [0.29, 0.717) is 24.8 Å². The first kappa shape index (κ1) is 23.9. The van der Waals surface area contributed by atoms with Crippen LogP contribution in [0.4, 0.5) is 4.39 Å². The van der Waals surface area contributed by atoms with E-state index in [1.54, 1.807) is 20.8 Å². The smallest absolute Gasteiger partial charge is 0.390 e. The lowest BCUT2D eigenvalue weighted by Crippen LogP contribution is -2.69. The maximum atomic E-state index is 17.0. The molecule has 178 valence electrons. The lowest BCUT2D eigenvalue weighted by molar-refractivity contribution is -0.219. The van der Waals surface area contributed by atoms with Crippen molar-refractivity contribution in [2.75, 3.05) is 6.61 Å². The molecule has 4 unspecified atom stereocenters. The Morgan fingerprint density at radius 3 is 2.59 bits per heavy atom. The van der Waals surface area contributed by atoms with Crippen LogP contribution < -0.4 is 0 Å². The number of aliphatic hydroxyl groups is 2. The van der Waals surface area contributed by atoms with Crippen LogP contribution in [-0.2, 0) is 18.7 Å². The molecule has 0 aromatic carbocycles. The van der Waals surface area contributed by atoms with Gasteiger partial charge in [0.05, 0.1) is 6.10 Å². The number of carbonyl (C=O) groups excluding carboxylic acids is 2. The zero-order valence-electron chi connectivity index (χ0n) is 18.3. The molecule has 0 amide bonds. The Kier molecular flexibility index (Phi) is 5.34. The predicted octanol–water partition coefficient (Wildman–Crippen LogP) is 2.01. The van der Waals surface area contributed by atoms with Gasteiger partial charge in [0.1, 0.15) is 12.2 Å². The molecular weight excluding hydrogens is 442 g/mol. The molecule has 0 spiro atoms. The van der Waals surface area contributed by atoms with Gasteiger partial charge in [0.15, 0.2) is 17.2 Å². The highest BCUT2D eigenvalue weighted by molar-refractivity contribution is 7.46. The van der Waals surface area contributed by atoms with Gasteiger partial charge < -0.3 is 20.0 Å². The van der Waals surface area contributed by atoms with Gasteiger partial charge in [-0.2, -0.15) is 0 Å². The van der Waals surface area contributed by atoms with E-state index in [4.69, 9.17) is 9.79 Å². The van der Waals surface area contributed by atoms with E-state index < -0.39 is 66.2 Å². The first-order valence-electron chi connectivity index (χ1n) is 10.9. The van der Waals surface area contributed by atoms with Gasteiger partial charge in [-0.15, -0.1) is 0 Å². The van der Waals surface area contributed by atoms with E-state index in [0.717, 1.165) is 0 Å². The number of allylic oxidation sites excluding steroid dienone is 4. The molecule has 4 rings (SSSR count). The number of Topliss-reactive ketones (excluding diaryl/α,β-unsaturated/α-hetero) is 1. The van der Waals surface area contributed by atoms with Crippen LogP contribution in [0.3, 0.4) is 0 Å². The summed E-state index contributed by atoms with van der Waals surface area (Å²) in [7, 11) is -4.93. The first-order chi connectivity index (χ1) is 14.6. The number of carbonyl (C=O) groups is 2. The second-order valence-electron chi connectivity index (χ2n) is 10.4. The standard InChI is InChI=1S/C22H30FO8P/c1-12-8-16-15-5-4-13-9-14(24)6-7-19(13,2)21(15,23)17(25)10-20(16,3)22(12,27)18(26)11-31-32(28,29)30/h6-7,9,12,15-17,25,27H,4-5,8,10-11H2,1-3H3,(H2,28,29,30)/t12?,15?,16?,17-,19-,20-,21?,22-/m0/s1. The molecule has 0 radical (unpaired) electrons. The quantitative estimate of drug-likeness (QED) is 0.456. The number of phosphoric ester groups is 1. The number of halogens is 1. The average Bonchev–Trinajstić information content (AvgIpc) is 2.89. The Hall–Kier alpha value is -1.22. The second-order valence-corrected chi connectivity index (χ2v) is 11.6. The third kappa shape index (κ3) is 2.95. The van der Waals surface area contributed by atoms with Crippen molar-refractivity contribution in [3.05, 3.63) is 23.8 Å². The molecule has 0 aromatic rings. The number of fused-ring (bicyclic) bond motifs is 5. The van der Waals surface area contributed by atoms with Crippen molar-refractivity contribution in [3.8, 4) is 0 Å². The van der Waals surface area contributed by atoms with Crippen molar-refractivity contribution in [2.24, 2.45) is 28.6 Å². The minimum atomic E-state index is -4.93. The van der Waals surface area contributed by atoms with Crippen LogP contribution in [0.1, 0.15) is 46.5 Å². The van der Waals surface area contributed by atoms with Crippen LogP contribution in [0.5, 0.6) is 0 Å². The Labute approximate surface area is 185 Å². The van der Waals surface area contributed by atoms with Gasteiger partial charge in [-0.3, -0.25) is 14.1 Å². The van der Waals surface area contributed by atoms with Crippen molar-refractivity contribution >= 4 is 19.4 Å². The summed E-state index contributed by atoms with van der Waals surface area (Å²) < 4.78 is 32.5. The molecule has 32 heavy (non-hydrogen) atoms. The van der Waals surface area contributed by atoms with E-state index in [2.05, 4.69) is 4.52 Å². The highest BCUT2D eigenvalue weighted by atomic mass is 31.2. The molecule has 4 aliphatic carbocycles. The lowest BCUT2D eigenvalue weighted by atomic mass is 9.44. The first-order valence-corrected chi connectivity index (χ1v) is 12.4. The van der Waals surface area contributed by atoms with Crippen LogP contribution >= 0.6 is 7.82 Å². The average molecular weight is 472 g/mol. The molecule has 8 nitrogen and oxygen atoms in total. The summed E-state index contributed by atoms with van der Waals surface area (Å²) in [5.41, 5.74) is -5.88. The number of hydrogen-bond acceptors (Lipinski definition) is 6. The maximum Gasteiger partial charge on any atom is 0.470 e. The van der Waals surface area contributed by atoms with Crippen LogP contribution in [0, 0.1) is 28.6 Å². The molecule has 0 saturated heterocycles. The topological polar surface area (TPSA) is 141 Å². The Morgan fingerprint density at radius 2 is 1.97 bits per heavy atom. The third-order valence-electron chi connectivity index (χ3n) is 9.01. The zero-order valence-corrected chi connectivity index (χ0v) is 19.2. The molecule has 0 aromatic heterocycles. The normalized spacial score (nSPS) is 48.0.